The SMILES string of the molecule is CC(=O)CC[C@@H]1OCCC2(S(=O)(=O)c3ccc(Cl)cc3)c3c(F)ccc(F)c3OC[C@@H]12. The van der Waals surface area contributed by atoms with Gasteiger partial charge in [-0.25, -0.2) is 17.2 Å². The molecule has 1 unspecified atom stereocenters. The molecule has 0 saturated carbocycles. The number of carbonyl (C=O) groups is 1. The molecule has 1 saturated heterocycles. The van der Waals surface area contributed by atoms with Gasteiger partial charge < -0.3 is 14.3 Å². The van der Waals surface area contributed by atoms with Crippen LogP contribution in [0, 0.1) is 17.6 Å². The minimum Gasteiger partial charge on any atom is -0.490 e. The molecular formula is C22H21ClF2O5S. The third kappa shape index (κ3) is 3.54. The van der Waals surface area contributed by atoms with E-state index in [1.807, 2.05) is 0 Å². The third-order valence-corrected chi connectivity index (χ3v) is 8.94. The fraction of sp³-hybridized carbons (Fsp3) is 0.409. The predicted molar refractivity (Wildman–Crippen MR) is 110 cm³/mol. The molecule has 0 aromatic heterocycles. The summed E-state index contributed by atoms with van der Waals surface area (Å²) in [5.41, 5.74) is -0.310. The van der Waals surface area contributed by atoms with Crippen molar-refractivity contribution >= 4 is 27.2 Å². The van der Waals surface area contributed by atoms with Crippen LogP contribution in [-0.2, 0) is 24.1 Å². The molecule has 0 N–H and O–H groups in total. The fourth-order valence-electron chi connectivity index (χ4n) is 4.68. The van der Waals surface area contributed by atoms with E-state index in [9.17, 15) is 17.6 Å². The number of hydrogen-bond acceptors (Lipinski definition) is 5. The van der Waals surface area contributed by atoms with Gasteiger partial charge in [0.25, 0.3) is 0 Å². The maximum absolute atomic E-state index is 15.2. The lowest BCUT2D eigenvalue weighted by Gasteiger charge is -2.50. The van der Waals surface area contributed by atoms with Crippen LogP contribution in [0.5, 0.6) is 5.75 Å². The second kappa shape index (κ2) is 8.15. The number of Topliss-reactive ketones (excluding diaryl/α,β-unsaturated/α-hetero) is 1. The van der Waals surface area contributed by atoms with Crippen molar-refractivity contribution in [2.75, 3.05) is 13.2 Å². The summed E-state index contributed by atoms with van der Waals surface area (Å²) in [7, 11) is -4.23. The maximum Gasteiger partial charge on any atom is 0.189 e. The number of sulfone groups is 1. The molecule has 2 aliphatic rings. The summed E-state index contributed by atoms with van der Waals surface area (Å²) in [6, 6.07) is 7.43. The smallest absolute Gasteiger partial charge is 0.189 e. The Morgan fingerprint density at radius 1 is 1.16 bits per heavy atom. The highest BCUT2D eigenvalue weighted by molar-refractivity contribution is 7.92. The van der Waals surface area contributed by atoms with Gasteiger partial charge in [-0.2, -0.15) is 0 Å². The minimum atomic E-state index is -4.23. The minimum absolute atomic E-state index is 0.0152. The highest BCUT2D eigenvalue weighted by Crippen LogP contribution is 2.56. The summed E-state index contributed by atoms with van der Waals surface area (Å²) in [5.74, 6) is -2.97. The zero-order valence-corrected chi connectivity index (χ0v) is 18.3. The van der Waals surface area contributed by atoms with E-state index < -0.39 is 38.2 Å². The van der Waals surface area contributed by atoms with E-state index in [1.165, 1.54) is 31.2 Å². The van der Waals surface area contributed by atoms with Crippen LogP contribution >= 0.6 is 11.6 Å². The molecule has 0 amide bonds. The molecule has 3 atom stereocenters. The number of carbonyl (C=O) groups excluding carboxylic acids is 1. The molecule has 0 bridgehead atoms. The van der Waals surface area contributed by atoms with Crippen molar-refractivity contribution in [2.24, 2.45) is 5.92 Å². The summed E-state index contributed by atoms with van der Waals surface area (Å²) in [6.45, 7) is 1.27. The summed E-state index contributed by atoms with van der Waals surface area (Å²) < 4.78 is 67.5. The lowest BCUT2D eigenvalue weighted by Crippen LogP contribution is -2.57. The summed E-state index contributed by atoms with van der Waals surface area (Å²) in [4.78, 5) is 11.5. The van der Waals surface area contributed by atoms with Crippen molar-refractivity contribution < 1.29 is 31.5 Å². The van der Waals surface area contributed by atoms with Crippen LogP contribution in [0.4, 0.5) is 8.78 Å². The van der Waals surface area contributed by atoms with Gasteiger partial charge in [0.1, 0.15) is 16.3 Å². The van der Waals surface area contributed by atoms with Gasteiger partial charge in [-0.05, 0) is 56.2 Å². The first-order chi connectivity index (χ1) is 14.7. The first kappa shape index (κ1) is 22.2. The van der Waals surface area contributed by atoms with Crippen LogP contribution in [0.2, 0.25) is 5.02 Å². The Labute approximate surface area is 184 Å². The molecule has 0 radical (unpaired) electrons. The number of rotatable bonds is 5. The lowest BCUT2D eigenvalue weighted by molar-refractivity contribution is -0.119. The normalized spacial score (nSPS) is 25.3. The van der Waals surface area contributed by atoms with Gasteiger partial charge in [0, 0.05) is 24.0 Å². The lowest BCUT2D eigenvalue weighted by atomic mass is 9.75. The fourth-order valence-corrected chi connectivity index (χ4v) is 7.15. The number of benzene rings is 2. The van der Waals surface area contributed by atoms with Crippen molar-refractivity contribution in [1.82, 2.24) is 0 Å². The van der Waals surface area contributed by atoms with Crippen molar-refractivity contribution in [1.29, 1.82) is 0 Å². The topological polar surface area (TPSA) is 69.7 Å². The molecule has 9 heteroatoms. The van der Waals surface area contributed by atoms with Gasteiger partial charge in [0.05, 0.1) is 23.2 Å². The van der Waals surface area contributed by atoms with Crippen molar-refractivity contribution in [2.45, 2.75) is 41.9 Å². The van der Waals surface area contributed by atoms with Crippen molar-refractivity contribution in [3.05, 3.63) is 58.6 Å². The van der Waals surface area contributed by atoms with E-state index >= 15 is 4.39 Å². The van der Waals surface area contributed by atoms with E-state index in [0.29, 0.717) is 5.02 Å². The van der Waals surface area contributed by atoms with E-state index in [0.717, 1.165) is 12.1 Å². The molecule has 1 fully saturated rings. The Balaban J connectivity index is 1.96. The highest BCUT2D eigenvalue weighted by atomic mass is 35.5. The molecule has 166 valence electrons. The van der Waals surface area contributed by atoms with Crippen LogP contribution in [0.3, 0.4) is 0 Å². The molecule has 5 nitrogen and oxygen atoms in total. The Kier molecular flexibility index (Phi) is 5.83. The second-order valence-corrected chi connectivity index (χ2v) is 10.5. The van der Waals surface area contributed by atoms with Crippen LogP contribution in [0.1, 0.15) is 31.7 Å². The van der Waals surface area contributed by atoms with Crippen LogP contribution in [0.15, 0.2) is 41.3 Å². The number of fused-ring (bicyclic) bond motifs is 3. The Bertz CT molecular complexity index is 1120. The Hall–Kier alpha value is -2.03. The molecule has 0 spiro atoms. The molecular weight excluding hydrogens is 450 g/mol. The number of halogens is 3. The van der Waals surface area contributed by atoms with E-state index in [2.05, 4.69) is 0 Å². The number of hydrogen-bond donors (Lipinski definition) is 0. The van der Waals surface area contributed by atoms with Gasteiger partial charge in [0.2, 0.25) is 0 Å². The standard InChI is InChI=1S/C22H21ClF2O5S/c1-13(26)2-9-19-16-12-30-21-18(25)8-7-17(24)20(21)22(16,10-11-29-19)31(27,28)15-5-3-14(23)4-6-15/h3-8,16,19H,2,9-12H2,1H3/t16-,19-,22?/m0/s1. The summed E-state index contributed by atoms with van der Waals surface area (Å²) in [5, 5.41) is 0.351. The average molecular weight is 471 g/mol. The molecule has 2 aromatic carbocycles. The maximum atomic E-state index is 15.2. The quantitative estimate of drug-likeness (QED) is 0.645. The van der Waals surface area contributed by atoms with Crippen molar-refractivity contribution in [3.63, 3.8) is 0 Å². The molecule has 31 heavy (non-hydrogen) atoms. The third-order valence-electron chi connectivity index (χ3n) is 6.13. The summed E-state index contributed by atoms with van der Waals surface area (Å²) >= 11 is 5.93. The monoisotopic (exact) mass is 470 g/mol. The first-order valence-electron chi connectivity index (χ1n) is 9.91. The largest absolute Gasteiger partial charge is 0.490 e. The van der Waals surface area contributed by atoms with Gasteiger partial charge in [-0.15, -0.1) is 0 Å². The molecule has 0 aliphatic carbocycles. The molecule has 2 aliphatic heterocycles. The predicted octanol–water partition coefficient (Wildman–Crippen LogP) is 4.45. The van der Waals surface area contributed by atoms with Gasteiger partial charge in [0.15, 0.2) is 21.4 Å². The Morgan fingerprint density at radius 2 is 1.84 bits per heavy atom. The van der Waals surface area contributed by atoms with E-state index in [-0.39, 0.29) is 54.5 Å². The van der Waals surface area contributed by atoms with Crippen LogP contribution in [-0.4, -0.2) is 33.5 Å². The van der Waals surface area contributed by atoms with Gasteiger partial charge in [-0.1, -0.05) is 11.6 Å². The summed E-state index contributed by atoms with van der Waals surface area (Å²) in [6.07, 6.45) is -0.310. The van der Waals surface area contributed by atoms with Gasteiger partial charge >= 0.3 is 0 Å². The number of ketones is 1. The van der Waals surface area contributed by atoms with E-state index in [1.54, 1.807) is 0 Å². The highest BCUT2D eigenvalue weighted by Gasteiger charge is 2.61. The second-order valence-electron chi connectivity index (χ2n) is 7.90. The molecule has 2 aromatic rings. The Morgan fingerprint density at radius 3 is 2.52 bits per heavy atom. The molecule has 2 heterocycles. The zero-order valence-electron chi connectivity index (χ0n) is 16.7. The van der Waals surface area contributed by atoms with Crippen molar-refractivity contribution in [3.8, 4) is 5.75 Å². The molecule has 4 rings (SSSR count). The van der Waals surface area contributed by atoms with E-state index in [4.69, 9.17) is 21.1 Å². The number of ether oxygens (including phenoxy) is 2. The van der Waals surface area contributed by atoms with Gasteiger partial charge in [-0.3, -0.25) is 0 Å². The first-order valence-corrected chi connectivity index (χ1v) is 11.8. The zero-order chi connectivity index (χ0) is 22.4. The van der Waals surface area contributed by atoms with Crippen LogP contribution < -0.4 is 4.74 Å². The van der Waals surface area contributed by atoms with Crippen LogP contribution in [0.25, 0.3) is 0 Å². The average Bonchev–Trinajstić information content (AvgIpc) is 2.74.